The summed E-state index contributed by atoms with van der Waals surface area (Å²) >= 11 is 0. The number of Topliss-reactive ketones (excluding diaryl/α,β-unsaturated/α-hetero) is 1. The zero-order valence-electron chi connectivity index (χ0n) is 11.9. The Morgan fingerprint density at radius 3 is 2.24 bits per heavy atom. The molecule has 0 saturated carbocycles. The van der Waals surface area contributed by atoms with E-state index < -0.39 is 9.84 Å². The van der Waals surface area contributed by atoms with Gasteiger partial charge in [0.25, 0.3) is 0 Å². The van der Waals surface area contributed by atoms with Gasteiger partial charge in [-0.2, -0.15) is 0 Å². The summed E-state index contributed by atoms with van der Waals surface area (Å²) in [4.78, 5) is 12.3. The molecule has 0 aliphatic rings. The number of sulfone groups is 1. The average molecular weight is 304 g/mol. The van der Waals surface area contributed by atoms with E-state index >= 15 is 0 Å². The number of rotatable bonds is 5. The van der Waals surface area contributed by atoms with E-state index in [1.54, 1.807) is 24.3 Å². The maximum absolute atomic E-state index is 12.0. The molecule has 5 heteroatoms. The molecule has 0 fully saturated rings. The van der Waals surface area contributed by atoms with Crippen molar-refractivity contribution in [3.63, 3.8) is 0 Å². The summed E-state index contributed by atoms with van der Waals surface area (Å²) in [7, 11) is -3.22. The zero-order chi connectivity index (χ0) is 15.5. The third kappa shape index (κ3) is 3.92. The first-order valence-electron chi connectivity index (χ1n) is 6.39. The number of benzene rings is 2. The van der Waals surface area contributed by atoms with Crippen LogP contribution in [0.5, 0.6) is 5.75 Å². The molecular formula is C16H16O4S. The molecular weight excluding hydrogens is 288 g/mol. The molecule has 0 N–H and O–H groups in total. The molecule has 4 nitrogen and oxygen atoms in total. The number of carbonyl (C=O) groups excluding carboxylic acids is 1. The van der Waals surface area contributed by atoms with E-state index in [4.69, 9.17) is 4.74 Å². The van der Waals surface area contributed by atoms with Crippen LogP contribution in [-0.2, 0) is 9.84 Å². The van der Waals surface area contributed by atoms with Gasteiger partial charge in [-0.3, -0.25) is 4.79 Å². The molecule has 0 spiro atoms. The second-order valence-electron chi connectivity index (χ2n) is 4.77. The third-order valence-corrected chi connectivity index (χ3v) is 4.20. The van der Waals surface area contributed by atoms with Crippen molar-refractivity contribution in [1.29, 1.82) is 0 Å². The van der Waals surface area contributed by atoms with E-state index in [1.807, 2.05) is 19.1 Å². The molecule has 0 atom stereocenters. The molecule has 0 radical (unpaired) electrons. The minimum Gasteiger partial charge on any atom is -0.485 e. The average Bonchev–Trinajstić information content (AvgIpc) is 2.45. The molecule has 0 saturated heterocycles. The molecule has 0 amide bonds. The first-order chi connectivity index (χ1) is 9.88. The van der Waals surface area contributed by atoms with E-state index in [1.165, 1.54) is 12.1 Å². The molecule has 2 rings (SSSR count). The summed E-state index contributed by atoms with van der Waals surface area (Å²) in [6.07, 6.45) is 1.14. The number of hydrogen-bond acceptors (Lipinski definition) is 4. The molecule has 0 aliphatic carbocycles. The van der Waals surface area contributed by atoms with Gasteiger partial charge >= 0.3 is 0 Å². The minimum atomic E-state index is -3.22. The van der Waals surface area contributed by atoms with Crippen molar-refractivity contribution < 1.29 is 17.9 Å². The van der Waals surface area contributed by atoms with Crippen LogP contribution in [0.15, 0.2) is 53.4 Å². The lowest BCUT2D eigenvalue weighted by Gasteiger charge is -2.08. The number of carbonyl (C=O) groups is 1. The summed E-state index contributed by atoms with van der Waals surface area (Å²) in [6, 6.07) is 13.3. The third-order valence-electron chi connectivity index (χ3n) is 3.07. The smallest absolute Gasteiger partial charge is 0.200 e. The highest BCUT2D eigenvalue weighted by Crippen LogP contribution is 2.16. The van der Waals surface area contributed by atoms with Crippen LogP contribution in [-0.4, -0.2) is 27.1 Å². The lowest BCUT2D eigenvalue weighted by Crippen LogP contribution is -2.12. The van der Waals surface area contributed by atoms with Gasteiger partial charge < -0.3 is 4.74 Å². The minimum absolute atomic E-state index is 0.0803. The Bertz CT molecular complexity index is 746. The molecule has 2 aromatic rings. The molecule has 0 unspecified atom stereocenters. The van der Waals surface area contributed by atoms with E-state index in [2.05, 4.69) is 0 Å². The van der Waals surface area contributed by atoms with Crippen molar-refractivity contribution >= 4 is 15.6 Å². The van der Waals surface area contributed by atoms with Gasteiger partial charge in [-0.15, -0.1) is 0 Å². The van der Waals surface area contributed by atoms with Gasteiger partial charge in [0.15, 0.2) is 22.2 Å². The zero-order valence-corrected chi connectivity index (χ0v) is 12.7. The largest absolute Gasteiger partial charge is 0.485 e. The Morgan fingerprint density at radius 2 is 1.67 bits per heavy atom. The van der Waals surface area contributed by atoms with Crippen molar-refractivity contribution in [1.82, 2.24) is 0 Å². The van der Waals surface area contributed by atoms with Gasteiger partial charge in [0.05, 0.1) is 4.90 Å². The number of aryl methyl sites for hydroxylation is 1. The monoisotopic (exact) mass is 304 g/mol. The van der Waals surface area contributed by atoms with Crippen LogP contribution in [0.3, 0.4) is 0 Å². The standard InChI is InChI=1S/C16H16O4S/c1-12-5-3-4-6-15(12)16(17)11-20-13-7-9-14(10-8-13)21(2,18)19/h3-10H,11H2,1-2H3. The van der Waals surface area contributed by atoms with Gasteiger partial charge in [0.2, 0.25) is 0 Å². The quantitative estimate of drug-likeness (QED) is 0.797. The molecule has 21 heavy (non-hydrogen) atoms. The summed E-state index contributed by atoms with van der Waals surface area (Å²) < 4.78 is 28.1. The maximum Gasteiger partial charge on any atom is 0.200 e. The first kappa shape index (κ1) is 15.3. The molecule has 110 valence electrons. The van der Waals surface area contributed by atoms with E-state index in [-0.39, 0.29) is 17.3 Å². The first-order valence-corrected chi connectivity index (χ1v) is 8.29. The fourth-order valence-corrected chi connectivity index (χ4v) is 2.53. The predicted octanol–water partition coefficient (Wildman–Crippen LogP) is 2.66. The molecule has 0 heterocycles. The van der Waals surface area contributed by atoms with Gasteiger partial charge in [-0.1, -0.05) is 24.3 Å². The molecule has 0 aromatic heterocycles. The number of ether oxygens (including phenoxy) is 1. The van der Waals surface area contributed by atoms with Crippen molar-refractivity contribution in [2.45, 2.75) is 11.8 Å². The van der Waals surface area contributed by atoms with Crippen molar-refractivity contribution in [3.05, 3.63) is 59.7 Å². The molecule has 0 bridgehead atoms. The SMILES string of the molecule is Cc1ccccc1C(=O)COc1ccc(S(C)(=O)=O)cc1. The Hall–Kier alpha value is -2.14. The van der Waals surface area contributed by atoms with Crippen LogP contribution in [0.2, 0.25) is 0 Å². The Balaban J connectivity index is 2.04. The van der Waals surface area contributed by atoms with Crippen LogP contribution in [0.1, 0.15) is 15.9 Å². The van der Waals surface area contributed by atoms with Crippen LogP contribution >= 0.6 is 0 Å². The fourth-order valence-electron chi connectivity index (χ4n) is 1.90. The van der Waals surface area contributed by atoms with Crippen molar-refractivity contribution in [2.24, 2.45) is 0 Å². The summed E-state index contributed by atoms with van der Waals surface area (Å²) in [5.74, 6) is 0.352. The highest BCUT2D eigenvalue weighted by molar-refractivity contribution is 7.90. The van der Waals surface area contributed by atoms with E-state index in [9.17, 15) is 13.2 Å². The summed E-state index contributed by atoms with van der Waals surface area (Å²) in [6.45, 7) is 1.79. The van der Waals surface area contributed by atoms with Gasteiger partial charge in [0.1, 0.15) is 5.75 Å². The van der Waals surface area contributed by atoms with Gasteiger partial charge in [0, 0.05) is 11.8 Å². The molecule has 0 aliphatic heterocycles. The van der Waals surface area contributed by atoms with Crippen molar-refractivity contribution in [2.75, 3.05) is 12.9 Å². The van der Waals surface area contributed by atoms with E-state index in [0.717, 1.165) is 11.8 Å². The highest BCUT2D eigenvalue weighted by atomic mass is 32.2. The second-order valence-corrected chi connectivity index (χ2v) is 6.79. The van der Waals surface area contributed by atoms with Crippen molar-refractivity contribution in [3.8, 4) is 5.75 Å². The highest BCUT2D eigenvalue weighted by Gasteiger charge is 2.10. The summed E-state index contributed by atoms with van der Waals surface area (Å²) in [5, 5.41) is 0. The fraction of sp³-hybridized carbons (Fsp3) is 0.188. The van der Waals surface area contributed by atoms with Gasteiger partial charge in [-0.25, -0.2) is 8.42 Å². The Labute approximate surface area is 124 Å². The van der Waals surface area contributed by atoms with Crippen LogP contribution in [0.25, 0.3) is 0 Å². The second kappa shape index (κ2) is 6.10. The number of ketones is 1. The lowest BCUT2D eigenvalue weighted by atomic mass is 10.1. The Kier molecular flexibility index (Phi) is 4.43. The van der Waals surface area contributed by atoms with Crippen LogP contribution in [0.4, 0.5) is 0 Å². The lowest BCUT2D eigenvalue weighted by molar-refractivity contribution is 0.0921. The topological polar surface area (TPSA) is 60.4 Å². The maximum atomic E-state index is 12.0. The Morgan fingerprint density at radius 1 is 1.05 bits per heavy atom. The predicted molar refractivity (Wildman–Crippen MR) is 80.6 cm³/mol. The summed E-state index contributed by atoms with van der Waals surface area (Å²) in [5.41, 5.74) is 1.53. The van der Waals surface area contributed by atoms with E-state index in [0.29, 0.717) is 11.3 Å². The molecule has 2 aromatic carbocycles. The van der Waals surface area contributed by atoms with Crippen LogP contribution in [0, 0.1) is 6.92 Å². The normalized spacial score (nSPS) is 11.1. The number of hydrogen-bond donors (Lipinski definition) is 0. The van der Waals surface area contributed by atoms with Crippen LogP contribution < -0.4 is 4.74 Å². The van der Waals surface area contributed by atoms with Gasteiger partial charge in [-0.05, 0) is 36.8 Å².